The van der Waals surface area contributed by atoms with Gasteiger partial charge in [-0.25, -0.2) is 4.39 Å². The van der Waals surface area contributed by atoms with Gasteiger partial charge in [0.25, 0.3) is 0 Å². The summed E-state index contributed by atoms with van der Waals surface area (Å²) in [6.07, 6.45) is 0. The summed E-state index contributed by atoms with van der Waals surface area (Å²) in [4.78, 5) is 0. The number of phenols is 2. The minimum atomic E-state index is -1.13. The monoisotopic (exact) mass is 221 g/mol. The second-order valence-electron chi connectivity index (χ2n) is 2.74. The normalized spacial score (nSPS) is 12.9. The molecule has 5 N–H and O–H groups in total. The Kier molecular flexibility index (Phi) is 3.15. The molecule has 0 bridgehead atoms. The van der Waals surface area contributed by atoms with Crippen LogP contribution in [0, 0.1) is 5.82 Å². The molecule has 0 spiro atoms. The van der Waals surface area contributed by atoms with Gasteiger partial charge in [0.15, 0.2) is 11.6 Å². The molecule has 0 saturated heterocycles. The van der Waals surface area contributed by atoms with Crippen LogP contribution in [0.15, 0.2) is 6.07 Å². The third kappa shape index (κ3) is 1.75. The van der Waals surface area contributed by atoms with Crippen LogP contribution in [-0.2, 0) is 0 Å². The highest BCUT2D eigenvalue weighted by Gasteiger charge is 2.21. The zero-order valence-corrected chi connectivity index (χ0v) is 7.79. The number of aromatic hydroxyl groups is 2. The smallest absolute Gasteiger partial charge is 0.173 e. The van der Waals surface area contributed by atoms with Gasteiger partial charge in [-0.2, -0.15) is 0 Å². The molecule has 78 valence electrons. The van der Waals surface area contributed by atoms with E-state index in [-0.39, 0.29) is 5.02 Å². The molecule has 4 nitrogen and oxygen atoms in total. The maximum atomic E-state index is 13.2. The summed E-state index contributed by atoms with van der Waals surface area (Å²) < 4.78 is 13.2. The first-order valence-corrected chi connectivity index (χ1v) is 4.13. The van der Waals surface area contributed by atoms with Crippen molar-refractivity contribution in [1.82, 2.24) is 0 Å². The summed E-state index contributed by atoms with van der Waals surface area (Å²) >= 11 is 5.48. The molecule has 0 aliphatic carbocycles. The number of phenolic OH excluding ortho intramolecular Hbond substituents is 2. The fourth-order valence-corrected chi connectivity index (χ4v) is 1.26. The molecule has 0 radical (unpaired) electrons. The number of hydrogen-bond acceptors (Lipinski definition) is 4. The lowest BCUT2D eigenvalue weighted by Crippen LogP contribution is -2.16. The first-order chi connectivity index (χ1) is 6.49. The van der Waals surface area contributed by atoms with Gasteiger partial charge >= 0.3 is 0 Å². The number of halogens is 2. The van der Waals surface area contributed by atoms with Crippen molar-refractivity contribution in [1.29, 1.82) is 0 Å². The van der Waals surface area contributed by atoms with Crippen LogP contribution in [0.5, 0.6) is 11.5 Å². The molecule has 6 heteroatoms. The first kappa shape index (κ1) is 11.0. The number of hydrogen-bond donors (Lipinski definition) is 4. The minimum absolute atomic E-state index is 0.220. The molecular weight excluding hydrogens is 213 g/mol. The Morgan fingerprint density at radius 2 is 2.07 bits per heavy atom. The van der Waals surface area contributed by atoms with Gasteiger partial charge in [0.1, 0.15) is 5.75 Å². The molecule has 14 heavy (non-hydrogen) atoms. The predicted octanol–water partition coefficient (Wildman–Crippen LogP) is 0.882. The molecule has 0 heterocycles. The van der Waals surface area contributed by atoms with Gasteiger partial charge in [0, 0.05) is 6.07 Å². The van der Waals surface area contributed by atoms with Crippen LogP contribution >= 0.6 is 11.6 Å². The van der Waals surface area contributed by atoms with E-state index in [9.17, 15) is 9.50 Å². The Labute approximate surface area is 84.4 Å². The van der Waals surface area contributed by atoms with Crippen molar-refractivity contribution in [2.45, 2.75) is 6.04 Å². The second kappa shape index (κ2) is 4.00. The molecule has 1 aromatic carbocycles. The molecule has 0 amide bonds. The SMILES string of the molecule is NC(CO)c1c(O)c(Cl)cc(O)c1F. The third-order valence-electron chi connectivity index (χ3n) is 1.77. The van der Waals surface area contributed by atoms with Gasteiger partial charge < -0.3 is 21.1 Å². The van der Waals surface area contributed by atoms with Crippen LogP contribution in [0.4, 0.5) is 4.39 Å². The lowest BCUT2D eigenvalue weighted by molar-refractivity contribution is 0.261. The van der Waals surface area contributed by atoms with E-state index in [4.69, 9.17) is 27.5 Å². The largest absolute Gasteiger partial charge is 0.506 e. The molecule has 0 aliphatic rings. The van der Waals surface area contributed by atoms with Crippen molar-refractivity contribution in [3.8, 4) is 11.5 Å². The van der Waals surface area contributed by atoms with E-state index < -0.39 is 35.5 Å². The van der Waals surface area contributed by atoms with Crippen LogP contribution in [0.3, 0.4) is 0 Å². The number of nitrogens with two attached hydrogens (primary N) is 1. The molecule has 1 unspecified atom stereocenters. The maximum Gasteiger partial charge on any atom is 0.173 e. The molecule has 0 aromatic heterocycles. The zero-order chi connectivity index (χ0) is 10.9. The summed E-state index contributed by atoms with van der Waals surface area (Å²) in [5.74, 6) is -2.36. The van der Waals surface area contributed by atoms with Gasteiger partial charge in [0.2, 0.25) is 0 Å². The molecular formula is C8H9ClFNO3. The number of aliphatic hydroxyl groups excluding tert-OH is 1. The van der Waals surface area contributed by atoms with Crippen molar-refractivity contribution < 1.29 is 19.7 Å². The Hall–Kier alpha value is -1.04. The summed E-state index contributed by atoms with van der Waals surface area (Å²) in [5, 5.41) is 26.8. The van der Waals surface area contributed by atoms with E-state index in [0.29, 0.717) is 0 Å². The van der Waals surface area contributed by atoms with Gasteiger partial charge in [-0.15, -0.1) is 0 Å². The van der Waals surface area contributed by atoms with E-state index in [0.717, 1.165) is 6.07 Å². The van der Waals surface area contributed by atoms with Crippen molar-refractivity contribution in [3.05, 3.63) is 22.5 Å². The van der Waals surface area contributed by atoms with Crippen LogP contribution in [-0.4, -0.2) is 21.9 Å². The molecule has 1 aromatic rings. The number of aliphatic hydroxyl groups is 1. The minimum Gasteiger partial charge on any atom is -0.506 e. The lowest BCUT2D eigenvalue weighted by atomic mass is 10.1. The summed E-state index contributed by atoms with van der Waals surface area (Å²) in [6, 6.07) is -0.264. The Balaban J connectivity index is 3.39. The highest BCUT2D eigenvalue weighted by molar-refractivity contribution is 6.32. The number of rotatable bonds is 2. The van der Waals surface area contributed by atoms with Crippen LogP contribution in [0.25, 0.3) is 0 Å². The lowest BCUT2D eigenvalue weighted by Gasteiger charge is -2.13. The van der Waals surface area contributed by atoms with Crippen molar-refractivity contribution in [2.24, 2.45) is 5.73 Å². The average molecular weight is 222 g/mol. The Morgan fingerprint density at radius 3 is 2.57 bits per heavy atom. The summed E-state index contributed by atoms with van der Waals surface area (Å²) in [5.41, 5.74) is 4.92. The molecule has 0 aliphatic heterocycles. The van der Waals surface area contributed by atoms with E-state index in [2.05, 4.69) is 0 Å². The van der Waals surface area contributed by atoms with E-state index in [1.54, 1.807) is 0 Å². The Bertz CT molecular complexity index is 333. The van der Waals surface area contributed by atoms with Crippen LogP contribution < -0.4 is 5.73 Å². The summed E-state index contributed by atoms with van der Waals surface area (Å²) in [6.45, 7) is -0.565. The fraction of sp³-hybridized carbons (Fsp3) is 0.250. The second-order valence-corrected chi connectivity index (χ2v) is 3.15. The summed E-state index contributed by atoms with van der Waals surface area (Å²) in [7, 11) is 0. The molecule has 1 rings (SSSR count). The standard InChI is InChI=1S/C8H9ClFNO3/c9-3-1-5(13)7(10)6(8(3)14)4(11)2-12/h1,4,12-14H,2,11H2. The van der Waals surface area contributed by atoms with Gasteiger partial charge in [-0.1, -0.05) is 11.6 Å². The molecule has 0 fully saturated rings. The average Bonchev–Trinajstić information content (AvgIpc) is 2.15. The predicted molar refractivity (Wildman–Crippen MR) is 48.8 cm³/mol. The van der Waals surface area contributed by atoms with Crippen LogP contribution in [0.2, 0.25) is 5.02 Å². The van der Waals surface area contributed by atoms with Gasteiger partial charge in [0.05, 0.1) is 23.2 Å². The van der Waals surface area contributed by atoms with Crippen molar-refractivity contribution in [2.75, 3.05) is 6.61 Å². The van der Waals surface area contributed by atoms with E-state index in [1.807, 2.05) is 0 Å². The highest BCUT2D eigenvalue weighted by atomic mass is 35.5. The molecule has 1 atom stereocenters. The number of benzene rings is 1. The third-order valence-corrected chi connectivity index (χ3v) is 2.06. The zero-order valence-electron chi connectivity index (χ0n) is 7.04. The van der Waals surface area contributed by atoms with Crippen LogP contribution in [0.1, 0.15) is 11.6 Å². The molecule has 0 saturated carbocycles. The quantitative estimate of drug-likeness (QED) is 0.559. The van der Waals surface area contributed by atoms with Gasteiger partial charge in [-0.05, 0) is 0 Å². The highest BCUT2D eigenvalue weighted by Crippen LogP contribution is 2.37. The topological polar surface area (TPSA) is 86.7 Å². The van der Waals surface area contributed by atoms with Crippen molar-refractivity contribution in [3.63, 3.8) is 0 Å². The Morgan fingerprint density at radius 1 is 1.50 bits per heavy atom. The van der Waals surface area contributed by atoms with Gasteiger partial charge in [-0.3, -0.25) is 0 Å². The fourth-order valence-electron chi connectivity index (χ4n) is 1.05. The van der Waals surface area contributed by atoms with E-state index in [1.165, 1.54) is 0 Å². The maximum absolute atomic E-state index is 13.2. The van der Waals surface area contributed by atoms with Crippen molar-refractivity contribution >= 4 is 11.6 Å². The van der Waals surface area contributed by atoms with E-state index >= 15 is 0 Å². The first-order valence-electron chi connectivity index (χ1n) is 3.75.